The third kappa shape index (κ3) is 8.07. The summed E-state index contributed by atoms with van der Waals surface area (Å²) in [4.78, 5) is 33.2. The van der Waals surface area contributed by atoms with E-state index < -0.39 is 11.7 Å². The highest BCUT2D eigenvalue weighted by molar-refractivity contribution is 5.96. The third-order valence-corrected chi connectivity index (χ3v) is 8.96. The van der Waals surface area contributed by atoms with E-state index in [0.29, 0.717) is 79.7 Å². The SMILES string of the molecule is Cc1cc(-c2nc(-c3ccc4nc[nH]c4c3)c(-c3ccc4nc[nH]c4c3)n2Cc2ccc(C(=O)CCCOCCOCCN)cc2)cc(C(F)(F)F)c1. The molecule has 7 rings (SSSR count). The minimum absolute atomic E-state index is 0.00711. The van der Waals surface area contributed by atoms with Crippen LogP contribution in [0.15, 0.2) is 91.5 Å². The summed E-state index contributed by atoms with van der Waals surface area (Å²) in [7, 11) is 0. The van der Waals surface area contributed by atoms with Crippen LogP contribution >= 0.6 is 0 Å². The van der Waals surface area contributed by atoms with Crippen molar-refractivity contribution in [3.63, 3.8) is 0 Å². The van der Waals surface area contributed by atoms with E-state index in [4.69, 9.17) is 20.2 Å². The Hall–Kier alpha value is -5.63. The van der Waals surface area contributed by atoms with Crippen molar-refractivity contribution in [3.8, 4) is 33.9 Å². The number of aryl methyl sites for hydroxylation is 1. The van der Waals surface area contributed by atoms with Crippen LogP contribution < -0.4 is 5.73 Å². The fourth-order valence-electron chi connectivity index (χ4n) is 6.43. The third-order valence-electron chi connectivity index (χ3n) is 8.96. The number of ketones is 1. The summed E-state index contributed by atoms with van der Waals surface area (Å²) < 4.78 is 55.2. The number of carbonyl (C=O) groups is 1. The molecule has 0 spiro atoms. The molecule has 0 saturated carbocycles. The molecule has 272 valence electrons. The van der Waals surface area contributed by atoms with Crippen LogP contribution in [0.25, 0.3) is 56.0 Å². The Morgan fingerprint density at radius 3 is 2.13 bits per heavy atom. The molecule has 0 bridgehead atoms. The van der Waals surface area contributed by atoms with E-state index in [9.17, 15) is 18.0 Å². The Morgan fingerprint density at radius 2 is 1.45 bits per heavy atom. The molecule has 0 amide bonds. The van der Waals surface area contributed by atoms with Gasteiger partial charge in [-0.3, -0.25) is 4.79 Å². The molecule has 0 saturated heterocycles. The molecule has 3 aromatic heterocycles. The van der Waals surface area contributed by atoms with Crippen molar-refractivity contribution in [2.75, 3.05) is 33.0 Å². The van der Waals surface area contributed by atoms with Crippen LogP contribution in [0.3, 0.4) is 0 Å². The molecule has 4 aromatic carbocycles. The quantitative estimate of drug-likeness (QED) is 0.0722. The number of rotatable bonds is 15. The van der Waals surface area contributed by atoms with Gasteiger partial charge in [0.2, 0.25) is 0 Å². The summed E-state index contributed by atoms with van der Waals surface area (Å²) in [6, 6.07) is 22.9. The summed E-state index contributed by atoms with van der Waals surface area (Å²) in [5, 5.41) is 0. The zero-order chi connectivity index (χ0) is 37.0. The van der Waals surface area contributed by atoms with E-state index in [2.05, 4.69) is 19.9 Å². The predicted octanol–water partition coefficient (Wildman–Crippen LogP) is 7.97. The van der Waals surface area contributed by atoms with Crippen LogP contribution in [0.1, 0.15) is 39.9 Å². The molecule has 13 heteroatoms. The van der Waals surface area contributed by atoms with Crippen LogP contribution in [-0.2, 0) is 22.2 Å². The summed E-state index contributed by atoms with van der Waals surface area (Å²) in [5.41, 5.74) is 12.9. The number of carbonyl (C=O) groups excluding carboxylic acids is 1. The zero-order valence-electron chi connectivity index (χ0n) is 29.0. The molecule has 0 fully saturated rings. The number of benzene rings is 4. The number of fused-ring (bicyclic) bond motifs is 2. The summed E-state index contributed by atoms with van der Waals surface area (Å²) in [6.45, 7) is 4.18. The van der Waals surface area contributed by atoms with Gasteiger partial charge in [0, 0.05) is 48.4 Å². The number of hydrogen-bond acceptors (Lipinski definition) is 7. The van der Waals surface area contributed by atoms with Gasteiger partial charge < -0.3 is 29.7 Å². The fraction of sp³-hybridized carbons (Fsp3) is 0.250. The summed E-state index contributed by atoms with van der Waals surface area (Å²) >= 11 is 0. The molecule has 0 atom stereocenters. The number of H-pyrrole nitrogens is 2. The minimum Gasteiger partial charge on any atom is -0.379 e. The molecule has 4 N–H and O–H groups in total. The second-order valence-electron chi connectivity index (χ2n) is 12.8. The lowest BCUT2D eigenvalue weighted by atomic mass is 10.0. The van der Waals surface area contributed by atoms with Crippen LogP contribution in [0, 0.1) is 6.92 Å². The molecule has 0 aliphatic heterocycles. The summed E-state index contributed by atoms with van der Waals surface area (Å²) in [5.74, 6) is 0.361. The van der Waals surface area contributed by atoms with E-state index in [-0.39, 0.29) is 12.3 Å². The lowest BCUT2D eigenvalue weighted by Gasteiger charge is -2.16. The molecule has 3 heterocycles. The van der Waals surface area contributed by atoms with Crippen molar-refractivity contribution in [2.24, 2.45) is 5.73 Å². The number of ether oxygens (including phenoxy) is 2. The van der Waals surface area contributed by atoms with Crippen molar-refractivity contribution < 1.29 is 27.4 Å². The van der Waals surface area contributed by atoms with E-state index >= 15 is 0 Å². The van der Waals surface area contributed by atoms with Gasteiger partial charge in [-0.1, -0.05) is 36.4 Å². The van der Waals surface area contributed by atoms with Gasteiger partial charge in [-0.25, -0.2) is 15.0 Å². The van der Waals surface area contributed by atoms with Crippen molar-refractivity contribution >= 4 is 27.9 Å². The largest absolute Gasteiger partial charge is 0.416 e. The van der Waals surface area contributed by atoms with E-state index in [1.54, 1.807) is 37.8 Å². The number of Topliss-reactive ketones (excluding diaryl/α,β-unsaturated/α-hetero) is 1. The smallest absolute Gasteiger partial charge is 0.379 e. The Kier molecular flexibility index (Phi) is 10.5. The number of imidazole rings is 3. The number of aromatic nitrogens is 6. The standard InChI is InChI=1S/C40H38F3N7O3/c1-25-17-30(19-31(18-25)40(41,42)43)39-49-37(28-8-10-32-34(20-28)47-23-45-32)38(29-9-11-33-35(21-29)48-24-46-33)50(39)22-26-4-6-27(7-5-26)36(51)3-2-13-52-15-16-53-14-12-44/h4-11,17-21,23-24H,2-3,12-16,22,44H2,1H3,(H,45,47)(H,46,48). The number of nitrogens with two attached hydrogens (primary N) is 1. The Bertz CT molecular complexity index is 2360. The second-order valence-corrected chi connectivity index (χ2v) is 12.8. The topological polar surface area (TPSA) is 137 Å². The molecule has 53 heavy (non-hydrogen) atoms. The minimum atomic E-state index is -4.55. The highest BCUT2D eigenvalue weighted by atomic mass is 19.4. The van der Waals surface area contributed by atoms with Gasteiger partial charge >= 0.3 is 6.18 Å². The number of hydrogen-bond donors (Lipinski definition) is 3. The van der Waals surface area contributed by atoms with E-state index in [0.717, 1.165) is 50.9 Å². The first-order chi connectivity index (χ1) is 25.7. The Balaban J connectivity index is 1.28. The lowest BCUT2D eigenvalue weighted by Crippen LogP contribution is -2.12. The first-order valence-corrected chi connectivity index (χ1v) is 17.3. The molecular formula is C40H38F3N7O3. The maximum Gasteiger partial charge on any atom is 0.416 e. The van der Waals surface area contributed by atoms with Crippen LogP contribution in [-0.4, -0.2) is 68.2 Å². The number of nitrogens with one attached hydrogen (secondary N) is 2. The molecule has 0 unspecified atom stereocenters. The fourth-order valence-corrected chi connectivity index (χ4v) is 6.43. The zero-order valence-corrected chi connectivity index (χ0v) is 29.0. The van der Waals surface area contributed by atoms with E-state index in [1.807, 2.05) is 53.1 Å². The van der Waals surface area contributed by atoms with Gasteiger partial charge in [0.15, 0.2) is 5.78 Å². The van der Waals surface area contributed by atoms with Crippen LogP contribution in [0.2, 0.25) is 0 Å². The van der Waals surface area contributed by atoms with Gasteiger partial charge in [-0.2, -0.15) is 13.2 Å². The van der Waals surface area contributed by atoms with Crippen LogP contribution in [0.5, 0.6) is 0 Å². The molecule has 10 nitrogen and oxygen atoms in total. The first-order valence-electron chi connectivity index (χ1n) is 17.3. The second kappa shape index (κ2) is 15.5. The molecule has 0 aliphatic carbocycles. The van der Waals surface area contributed by atoms with Gasteiger partial charge in [0.05, 0.1) is 71.5 Å². The highest BCUT2D eigenvalue weighted by Gasteiger charge is 2.32. The molecule has 0 radical (unpaired) electrons. The first kappa shape index (κ1) is 35.8. The number of alkyl halides is 3. The van der Waals surface area contributed by atoms with Crippen molar-refractivity contribution in [2.45, 2.75) is 32.5 Å². The number of nitrogens with zero attached hydrogens (tertiary/aromatic N) is 4. The van der Waals surface area contributed by atoms with Gasteiger partial charge in [0.1, 0.15) is 5.82 Å². The number of halogens is 3. The number of aromatic amines is 2. The predicted molar refractivity (Wildman–Crippen MR) is 197 cm³/mol. The van der Waals surface area contributed by atoms with Gasteiger partial charge in [-0.15, -0.1) is 0 Å². The van der Waals surface area contributed by atoms with Gasteiger partial charge in [0.25, 0.3) is 0 Å². The van der Waals surface area contributed by atoms with Crippen LogP contribution in [0.4, 0.5) is 13.2 Å². The molecule has 0 aliphatic rings. The average Bonchev–Trinajstić information content (AvgIpc) is 3.90. The average molecular weight is 722 g/mol. The van der Waals surface area contributed by atoms with Crippen molar-refractivity contribution in [1.29, 1.82) is 0 Å². The van der Waals surface area contributed by atoms with E-state index in [1.165, 1.54) is 0 Å². The Labute approximate surface area is 303 Å². The van der Waals surface area contributed by atoms with Crippen molar-refractivity contribution in [3.05, 3.63) is 114 Å². The highest BCUT2D eigenvalue weighted by Crippen LogP contribution is 2.40. The maximum absolute atomic E-state index is 14.1. The van der Waals surface area contributed by atoms with Gasteiger partial charge in [-0.05, 0) is 66.9 Å². The maximum atomic E-state index is 14.1. The molecular weight excluding hydrogens is 683 g/mol. The van der Waals surface area contributed by atoms with Crippen molar-refractivity contribution in [1.82, 2.24) is 29.5 Å². The molecule has 7 aromatic rings. The summed E-state index contributed by atoms with van der Waals surface area (Å²) in [6.07, 6.45) is -0.419. The lowest BCUT2D eigenvalue weighted by molar-refractivity contribution is -0.137. The monoisotopic (exact) mass is 721 g/mol. The Morgan fingerprint density at radius 1 is 0.792 bits per heavy atom. The normalized spacial score (nSPS) is 11.9.